The summed E-state index contributed by atoms with van der Waals surface area (Å²) in [4.78, 5) is 50.6. The fraction of sp³-hybridized carbons (Fsp3) is 0.0400. The van der Waals surface area contributed by atoms with Gasteiger partial charge in [0.25, 0.3) is 17.7 Å². The Balaban J connectivity index is 1.49. The van der Waals surface area contributed by atoms with Gasteiger partial charge in [0.15, 0.2) is 6.61 Å². The highest BCUT2D eigenvalue weighted by molar-refractivity contribution is 6.39. The Hall–Kier alpha value is -4.43. The topological polar surface area (TPSA) is 105 Å². The number of halogens is 1. The van der Waals surface area contributed by atoms with Gasteiger partial charge in [0.2, 0.25) is 0 Å². The van der Waals surface area contributed by atoms with Crippen LogP contribution in [0.25, 0.3) is 6.08 Å². The molecule has 0 aliphatic carbocycles. The smallest absolute Gasteiger partial charge is 0.335 e. The number of carbonyl (C=O) groups excluding carboxylic acids is 4. The molecule has 3 aromatic rings. The molecule has 34 heavy (non-hydrogen) atoms. The average molecular weight is 476 g/mol. The number of nitrogens with zero attached hydrogens (tertiary/aromatic N) is 1. The van der Waals surface area contributed by atoms with Crippen molar-refractivity contribution in [2.45, 2.75) is 0 Å². The number of ether oxygens (including phenoxy) is 1. The monoisotopic (exact) mass is 475 g/mol. The number of amides is 5. The number of para-hydroxylation sites is 1. The summed E-state index contributed by atoms with van der Waals surface area (Å²) in [6.45, 7) is -0.229. The van der Waals surface area contributed by atoms with Gasteiger partial charge in [0.05, 0.1) is 5.69 Å². The fourth-order valence-electron chi connectivity index (χ4n) is 3.21. The van der Waals surface area contributed by atoms with Gasteiger partial charge in [-0.25, -0.2) is 9.69 Å². The van der Waals surface area contributed by atoms with Gasteiger partial charge < -0.3 is 10.1 Å². The predicted molar refractivity (Wildman–Crippen MR) is 127 cm³/mol. The van der Waals surface area contributed by atoms with E-state index >= 15 is 0 Å². The van der Waals surface area contributed by atoms with Crippen molar-refractivity contribution >= 4 is 52.8 Å². The van der Waals surface area contributed by atoms with Crippen molar-refractivity contribution in [2.75, 3.05) is 16.8 Å². The lowest BCUT2D eigenvalue weighted by molar-refractivity contribution is -0.122. The SMILES string of the molecule is O=C(COc1cccc(/C=C2/C(=O)NC(=O)N(c3ccc(Cl)cc3)C2=O)c1)Nc1ccccc1. The van der Waals surface area contributed by atoms with Crippen molar-refractivity contribution in [2.24, 2.45) is 0 Å². The molecular formula is C25H18ClN3O5. The zero-order valence-corrected chi connectivity index (χ0v) is 18.4. The van der Waals surface area contributed by atoms with Gasteiger partial charge in [-0.1, -0.05) is 41.9 Å². The molecule has 0 unspecified atom stereocenters. The maximum absolute atomic E-state index is 13.0. The van der Waals surface area contributed by atoms with E-state index in [0.29, 0.717) is 22.0 Å². The van der Waals surface area contributed by atoms with Crippen LogP contribution in [-0.4, -0.2) is 30.4 Å². The minimum absolute atomic E-state index is 0.228. The zero-order chi connectivity index (χ0) is 24.1. The molecule has 0 aromatic heterocycles. The summed E-state index contributed by atoms with van der Waals surface area (Å²) in [7, 11) is 0. The first-order valence-electron chi connectivity index (χ1n) is 10.2. The molecule has 1 saturated heterocycles. The molecule has 0 radical (unpaired) electrons. The molecule has 3 aromatic carbocycles. The number of benzene rings is 3. The van der Waals surface area contributed by atoms with Crippen LogP contribution in [-0.2, 0) is 14.4 Å². The second kappa shape index (κ2) is 10.0. The normalized spacial score (nSPS) is 14.7. The van der Waals surface area contributed by atoms with Crippen molar-refractivity contribution < 1.29 is 23.9 Å². The summed E-state index contributed by atoms with van der Waals surface area (Å²) in [5.41, 5.74) is 1.17. The molecule has 5 amide bonds. The predicted octanol–water partition coefficient (Wildman–Crippen LogP) is 4.02. The summed E-state index contributed by atoms with van der Waals surface area (Å²) in [5, 5.41) is 5.32. The van der Waals surface area contributed by atoms with Gasteiger partial charge in [-0.3, -0.25) is 19.7 Å². The van der Waals surface area contributed by atoms with Gasteiger partial charge in [-0.05, 0) is 60.2 Å². The van der Waals surface area contributed by atoms with Crippen LogP contribution in [0.2, 0.25) is 5.02 Å². The van der Waals surface area contributed by atoms with E-state index in [9.17, 15) is 19.2 Å². The Morgan fingerprint density at radius 3 is 2.44 bits per heavy atom. The molecule has 2 N–H and O–H groups in total. The quantitative estimate of drug-likeness (QED) is 0.414. The third kappa shape index (κ3) is 5.31. The van der Waals surface area contributed by atoms with Crippen LogP contribution in [0, 0.1) is 0 Å². The van der Waals surface area contributed by atoms with Gasteiger partial charge in [0, 0.05) is 10.7 Å². The highest BCUT2D eigenvalue weighted by Crippen LogP contribution is 2.24. The number of hydrogen-bond donors (Lipinski definition) is 2. The van der Waals surface area contributed by atoms with E-state index in [2.05, 4.69) is 10.6 Å². The maximum Gasteiger partial charge on any atom is 0.335 e. The average Bonchev–Trinajstić information content (AvgIpc) is 2.82. The third-order valence-corrected chi connectivity index (χ3v) is 5.04. The molecule has 170 valence electrons. The van der Waals surface area contributed by atoms with E-state index in [1.165, 1.54) is 30.3 Å². The minimum Gasteiger partial charge on any atom is -0.484 e. The van der Waals surface area contributed by atoms with E-state index in [0.717, 1.165) is 4.90 Å². The highest BCUT2D eigenvalue weighted by Gasteiger charge is 2.36. The lowest BCUT2D eigenvalue weighted by Gasteiger charge is -2.26. The third-order valence-electron chi connectivity index (χ3n) is 4.78. The summed E-state index contributed by atoms with van der Waals surface area (Å²) < 4.78 is 5.54. The second-order valence-corrected chi connectivity index (χ2v) is 7.65. The van der Waals surface area contributed by atoms with Gasteiger partial charge in [0.1, 0.15) is 11.3 Å². The van der Waals surface area contributed by atoms with Crippen LogP contribution < -0.4 is 20.3 Å². The molecule has 0 saturated carbocycles. The molecule has 8 nitrogen and oxygen atoms in total. The van der Waals surface area contributed by atoms with Crippen LogP contribution in [0.3, 0.4) is 0 Å². The molecule has 1 aliphatic heterocycles. The van der Waals surface area contributed by atoms with Gasteiger partial charge in [-0.15, -0.1) is 0 Å². The van der Waals surface area contributed by atoms with Crippen LogP contribution in [0.1, 0.15) is 5.56 Å². The van der Waals surface area contributed by atoms with Gasteiger partial charge in [-0.2, -0.15) is 0 Å². The van der Waals surface area contributed by atoms with Crippen molar-refractivity contribution in [3.05, 3.63) is 95.0 Å². The number of barbiturate groups is 1. The largest absolute Gasteiger partial charge is 0.484 e. The van der Waals surface area contributed by atoms with E-state index in [1.54, 1.807) is 48.5 Å². The van der Waals surface area contributed by atoms with E-state index in [4.69, 9.17) is 16.3 Å². The molecule has 0 spiro atoms. The van der Waals surface area contributed by atoms with E-state index < -0.39 is 17.8 Å². The number of rotatable bonds is 6. The van der Waals surface area contributed by atoms with Crippen LogP contribution >= 0.6 is 11.6 Å². The summed E-state index contributed by atoms with van der Waals surface area (Å²) in [6.07, 6.45) is 1.35. The van der Waals surface area contributed by atoms with Crippen molar-refractivity contribution in [3.63, 3.8) is 0 Å². The van der Waals surface area contributed by atoms with Crippen molar-refractivity contribution in [1.29, 1.82) is 0 Å². The molecule has 1 fully saturated rings. The highest BCUT2D eigenvalue weighted by atomic mass is 35.5. The molecule has 0 bridgehead atoms. The number of anilines is 2. The molecule has 4 rings (SSSR count). The molecule has 9 heteroatoms. The lowest BCUT2D eigenvalue weighted by Crippen LogP contribution is -2.54. The Labute approximate surface area is 199 Å². The van der Waals surface area contributed by atoms with Crippen molar-refractivity contribution in [3.8, 4) is 5.75 Å². The standard InChI is InChI=1S/C25H18ClN3O5/c26-17-9-11-19(12-10-17)29-24(32)21(23(31)28-25(29)33)14-16-5-4-8-20(13-16)34-15-22(30)27-18-6-2-1-3-7-18/h1-14H,15H2,(H,27,30)(H,28,31,33)/b21-14-. The second-order valence-electron chi connectivity index (χ2n) is 7.21. The van der Waals surface area contributed by atoms with E-state index in [1.807, 2.05) is 6.07 Å². The maximum atomic E-state index is 13.0. The first-order chi connectivity index (χ1) is 16.4. The minimum atomic E-state index is -0.851. The number of nitrogens with one attached hydrogen (secondary N) is 2. The number of carbonyl (C=O) groups is 4. The Morgan fingerprint density at radius 1 is 0.971 bits per heavy atom. The van der Waals surface area contributed by atoms with Crippen molar-refractivity contribution in [1.82, 2.24) is 5.32 Å². The molecule has 0 atom stereocenters. The molecule has 1 heterocycles. The molecular weight excluding hydrogens is 458 g/mol. The fourth-order valence-corrected chi connectivity index (χ4v) is 3.34. The Bertz CT molecular complexity index is 1290. The first-order valence-corrected chi connectivity index (χ1v) is 10.5. The summed E-state index contributed by atoms with van der Waals surface area (Å²) >= 11 is 5.88. The van der Waals surface area contributed by atoms with Crippen LogP contribution in [0.15, 0.2) is 84.4 Å². The number of imide groups is 2. The summed E-state index contributed by atoms with van der Waals surface area (Å²) in [5.74, 6) is -1.56. The van der Waals surface area contributed by atoms with Gasteiger partial charge >= 0.3 is 6.03 Å². The molecule has 1 aliphatic rings. The summed E-state index contributed by atoms with van der Waals surface area (Å²) in [6, 6.07) is 20.7. The number of urea groups is 1. The van der Waals surface area contributed by atoms with Crippen LogP contribution in [0.4, 0.5) is 16.2 Å². The Kier molecular flexibility index (Phi) is 6.70. The Morgan fingerprint density at radius 2 is 1.71 bits per heavy atom. The van der Waals surface area contributed by atoms with E-state index in [-0.39, 0.29) is 23.8 Å². The number of hydrogen-bond acceptors (Lipinski definition) is 5. The van der Waals surface area contributed by atoms with Crippen LogP contribution in [0.5, 0.6) is 5.75 Å². The zero-order valence-electron chi connectivity index (χ0n) is 17.7. The first kappa shape index (κ1) is 22.8. The lowest BCUT2D eigenvalue weighted by atomic mass is 10.1.